The minimum Gasteiger partial charge on any atom is -0.494 e. The van der Waals surface area contributed by atoms with Crippen LogP contribution in [0.1, 0.15) is 22.8 Å². The number of nitrogens with one attached hydrogen (secondary N) is 1. The second kappa shape index (κ2) is 9.86. The van der Waals surface area contributed by atoms with E-state index in [1.165, 1.54) is 31.4 Å². The lowest BCUT2D eigenvalue weighted by Gasteiger charge is -2.09. The van der Waals surface area contributed by atoms with Crippen LogP contribution < -0.4 is 9.46 Å². The van der Waals surface area contributed by atoms with Gasteiger partial charge in [0.1, 0.15) is 18.9 Å². The number of hydrogen-bond donors (Lipinski definition) is 1. The molecular weight excluding hydrogens is 386 g/mol. The Labute approximate surface area is 163 Å². The Morgan fingerprint density at radius 3 is 2.21 bits per heavy atom. The summed E-state index contributed by atoms with van der Waals surface area (Å²) >= 11 is 0. The molecule has 2 aromatic rings. The van der Waals surface area contributed by atoms with E-state index >= 15 is 0 Å². The lowest BCUT2D eigenvalue weighted by molar-refractivity contribution is -0.143. The van der Waals surface area contributed by atoms with Crippen LogP contribution in [-0.4, -0.2) is 40.6 Å². The molecule has 150 valence electrons. The first-order chi connectivity index (χ1) is 13.4. The first-order valence-corrected chi connectivity index (χ1v) is 9.89. The van der Waals surface area contributed by atoms with Crippen LogP contribution in [0.2, 0.25) is 0 Å². The van der Waals surface area contributed by atoms with Gasteiger partial charge in [0.2, 0.25) is 10.0 Å². The molecule has 9 heteroatoms. The summed E-state index contributed by atoms with van der Waals surface area (Å²) < 4.78 is 41.5. The largest absolute Gasteiger partial charge is 0.494 e. The van der Waals surface area contributed by atoms with Crippen molar-refractivity contribution >= 4 is 22.0 Å². The summed E-state index contributed by atoms with van der Waals surface area (Å²) in [6.07, 6.45) is 0. The zero-order chi connectivity index (χ0) is 20.6. The van der Waals surface area contributed by atoms with Gasteiger partial charge >= 0.3 is 11.9 Å². The molecule has 0 aliphatic carbocycles. The van der Waals surface area contributed by atoms with E-state index in [0.29, 0.717) is 23.5 Å². The number of sulfonamides is 1. The van der Waals surface area contributed by atoms with Crippen molar-refractivity contribution in [3.05, 3.63) is 59.7 Å². The number of carbonyl (C=O) groups excluding carboxylic acids is 2. The van der Waals surface area contributed by atoms with E-state index in [9.17, 15) is 18.0 Å². The van der Waals surface area contributed by atoms with Gasteiger partial charge in [-0.05, 0) is 48.9 Å². The van der Waals surface area contributed by atoms with Crippen molar-refractivity contribution in [1.29, 1.82) is 0 Å². The molecule has 2 rings (SSSR count). The number of methoxy groups -OCH3 is 1. The lowest BCUT2D eigenvalue weighted by atomic mass is 10.1. The molecule has 1 N–H and O–H groups in total. The molecule has 0 radical (unpaired) electrons. The molecule has 0 saturated heterocycles. The van der Waals surface area contributed by atoms with Crippen LogP contribution in [0.3, 0.4) is 0 Å². The normalized spacial score (nSPS) is 10.9. The quantitative estimate of drug-likeness (QED) is 0.633. The molecule has 8 nitrogen and oxygen atoms in total. The highest BCUT2D eigenvalue weighted by Gasteiger charge is 2.16. The second-order valence-electron chi connectivity index (χ2n) is 5.58. The summed E-state index contributed by atoms with van der Waals surface area (Å²) in [5, 5.41) is 0. The maximum absolute atomic E-state index is 12.2. The van der Waals surface area contributed by atoms with E-state index in [1.54, 1.807) is 24.3 Å². The highest BCUT2D eigenvalue weighted by molar-refractivity contribution is 7.89. The molecule has 0 heterocycles. The summed E-state index contributed by atoms with van der Waals surface area (Å²) in [5.41, 5.74) is 1.02. The van der Waals surface area contributed by atoms with Crippen molar-refractivity contribution in [1.82, 2.24) is 4.72 Å². The Kier molecular flexibility index (Phi) is 7.53. The zero-order valence-electron chi connectivity index (χ0n) is 15.5. The van der Waals surface area contributed by atoms with Crippen LogP contribution in [-0.2, 0) is 30.9 Å². The smallest absolute Gasteiger partial charge is 0.337 e. The second-order valence-corrected chi connectivity index (χ2v) is 7.35. The van der Waals surface area contributed by atoms with Gasteiger partial charge < -0.3 is 14.2 Å². The van der Waals surface area contributed by atoms with Gasteiger partial charge in [-0.1, -0.05) is 12.1 Å². The highest BCUT2D eigenvalue weighted by atomic mass is 32.2. The summed E-state index contributed by atoms with van der Waals surface area (Å²) in [4.78, 5) is 23.2. The number of benzene rings is 2. The number of esters is 2. The molecule has 0 fully saturated rings. The van der Waals surface area contributed by atoms with Crippen LogP contribution in [0.15, 0.2) is 53.4 Å². The summed E-state index contributed by atoms with van der Waals surface area (Å²) in [6.45, 7) is 1.74. The fraction of sp³-hybridized carbons (Fsp3) is 0.263. The Hall–Kier alpha value is -2.91. The van der Waals surface area contributed by atoms with E-state index < -0.39 is 28.5 Å². The molecular formula is C19H21NO7S. The third kappa shape index (κ3) is 6.07. The molecule has 2 aromatic carbocycles. The van der Waals surface area contributed by atoms with Crippen LogP contribution >= 0.6 is 0 Å². The third-order valence-electron chi connectivity index (χ3n) is 3.63. The Morgan fingerprint density at radius 1 is 1.00 bits per heavy atom. The van der Waals surface area contributed by atoms with E-state index in [1.807, 2.05) is 6.92 Å². The highest BCUT2D eigenvalue weighted by Crippen LogP contribution is 2.15. The fourth-order valence-electron chi connectivity index (χ4n) is 2.19. The van der Waals surface area contributed by atoms with Crippen molar-refractivity contribution < 1.29 is 32.2 Å². The predicted molar refractivity (Wildman–Crippen MR) is 100 cm³/mol. The van der Waals surface area contributed by atoms with Crippen molar-refractivity contribution in [2.45, 2.75) is 18.4 Å². The Balaban J connectivity index is 1.85. The summed E-state index contributed by atoms with van der Waals surface area (Å²) in [6, 6.07) is 12.2. The Bertz CT molecular complexity index is 906. The van der Waals surface area contributed by atoms with Gasteiger partial charge in [-0.15, -0.1) is 0 Å². The standard InChI is InChI=1S/C19H21NO7S/c1-3-26-16-8-10-17(11-9-16)28(23,24)20-12-18(21)27-13-14-4-6-15(7-5-14)19(22)25-2/h4-11,20H,3,12-13H2,1-2H3. The SMILES string of the molecule is CCOc1ccc(S(=O)(=O)NCC(=O)OCc2ccc(C(=O)OC)cc2)cc1. The van der Waals surface area contributed by atoms with Gasteiger partial charge in [-0.25, -0.2) is 13.2 Å². The van der Waals surface area contributed by atoms with Crippen molar-refractivity contribution in [2.24, 2.45) is 0 Å². The van der Waals surface area contributed by atoms with Gasteiger partial charge in [0.15, 0.2) is 0 Å². The summed E-state index contributed by atoms with van der Waals surface area (Å²) in [5.74, 6) is -0.641. The van der Waals surface area contributed by atoms with Gasteiger partial charge in [-0.2, -0.15) is 4.72 Å². The topological polar surface area (TPSA) is 108 Å². The van der Waals surface area contributed by atoms with E-state index in [-0.39, 0.29) is 11.5 Å². The van der Waals surface area contributed by atoms with Crippen molar-refractivity contribution in [3.8, 4) is 5.75 Å². The molecule has 0 aliphatic rings. The first kappa shape index (κ1) is 21.4. The van der Waals surface area contributed by atoms with Crippen molar-refractivity contribution in [3.63, 3.8) is 0 Å². The number of hydrogen-bond acceptors (Lipinski definition) is 7. The zero-order valence-corrected chi connectivity index (χ0v) is 16.3. The summed E-state index contributed by atoms with van der Waals surface area (Å²) in [7, 11) is -2.56. The van der Waals surface area contributed by atoms with Crippen LogP contribution in [0.25, 0.3) is 0 Å². The van der Waals surface area contributed by atoms with Crippen LogP contribution in [0.5, 0.6) is 5.75 Å². The van der Waals surface area contributed by atoms with Crippen LogP contribution in [0.4, 0.5) is 0 Å². The van der Waals surface area contributed by atoms with Gasteiger partial charge in [0, 0.05) is 0 Å². The van der Waals surface area contributed by atoms with E-state index in [2.05, 4.69) is 9.46 Å². The molecule has 0 saturated carbocycles. The molecule has 28 heavy (non-hydrogen) atoms. The third-order valence-corrected chi connectivity index (χ3v) is 5.04. The molecule has 0 aromatic heterocycles. The predicted octanol–water partition coefficient (Wildman–Crippen LogP) is 1.89. The Morgan fingerprint density at radius 2 is 1.64 bits per heavy atom. The molecule has 0 spiro atoms. The molecule has 0 aliphatic heterocycles. The molecule has 0 atom stereocenters. The van der Waals surface area contributed by atoms with E-state index in [4.69, 9.17) is 9.47 Å². The minimum atomic E-state index is -3.85. The van der Waals surface area contributed by atoms with Gasteiger partial charge in [0.05, 0.1) is 24.2 Å². The average Bonchev–Trinajstić information content (AvgIpc) is 2.71. The van der Waals surface area contributed by atoms with Gasteiger partial charge in [-0.3, -0.25) is 4.79 Å². The molecule has 0 unspecified atom stereocenters. The molecule has 0 bridgehead atoms. The van der Waals surface area contributed by atoms with E-state index in [0.717, 1.165) is 0 Å². The molecule has 0 amide bonds. The lowest BCUT2D eigenvalue weighted by Crippen LogP contribution is -2.30. The first-order valence-electron chi connectivity index (χ1n) is 8.41. The van der Waals surface area contributed by atoms with Crippen LogP contribution in [0, 0.1) is 0 Å². The maximum atomic E-state index is 12.2. The van der Waals surface area contributed by atoms with Crippen molar-refractivity contribution in [2.75, 3.05) is 20.3 Å². The monoisotopic (exact) mass is 407 g/mol. The number of ether oxygens (including phenoxy) is 3. The maximum Gasteiger partial charge on any atom is 0.337 e. The number of rotatable bonds is 9. The average molecular weight is 407 g/mol. The number of carbonyl (C=O) groups is 2. The minimum absolute atomic E-state index is 0.0159. The fourth-order valence-corrected chi connectivity index (χ4v) is 3.16. The van der Waals surface area contributed by atoms with Gasteiger partial charge in [0.25, 0.3) is 0 Å².